The van der Waals surface area contributed by atoms with Crippen LogP contribution in [0.2, 0.25) is 0 Å². The molecule has 3 N–H and O–H groups in total. The molecule has 0 spiro atoms. The largest absolute Gasteiger partial charge is 0.444 e. The van der Waals surface area contributed by atoms with Gasteiger partial charge in [-0.05, 0) is 32.9 Å². The van der Waals surface area contributed by atoms with E-state index in [9.17, 15) is 4.79 Å². The molecule has 0 bridgehead atoms. The number of likely N-dealkylation sites (N-methyl/N-ethyl adjacent to an activating group) is 1. The van der Waals surface area contributed by atoms with Gasteiger partial charge in [0.15, 0.2) is 0 Å². The molecule has 1 aliphatic heterocycles. The van der Waals surface area contributed by atoms with E-state index in [1.54, 1.807) is 31.5 Å². The smallest absolute Gasteiger partial charge is 0.410 e. The van der Waals surface area contributed by atoms with E-state index in [0.29, 0.717) is 18.8 Å². The van der Waals surface area contributed by atoms with Crippen LogP contribution in [0.15, 0.2) is 30.7 Å². The first-order valence-electron chi connectivity index (χ1n) is 10.5. The number of methoxy groups -OCH3 is 1. The third kappa shape index (κ3) is 4.18. The Hall–Kier alpha value is -3.40. The number of carbonyl (C=O) groups excluding carboxylic acids is 1. The van der Waals surface area contributed by atoms with Crippen LogP contribution in [0.1, 0.15) is 20.8 Å². The highest BCUT2D eigenvalue weighted by molar-refractivity contribution is 6.02. The topological polar surface area (TPSA) is 122 Å². The number of hydrogen-bond acceptors (Lipinski definition) is 8. The average Bonchev–Trinajstić information content (AvgIpc) is 3.36. The highest BCUT2D eigenvalue weighted by Gasteiger charge is 2.39. The third-order valence-corrected chi connectivity index (χ3v) is 5.56. The number of nitrogens with two attached hydrogens (primary N) is 1. The fourth-order valence-corrected chi connectivity index (χ4v) is 4.05. The summed E-state index contributed by atoms with van der Waals surface area (Å²) in [6, 6.07) is 3.61. The number of amides is 1. The summed E-state index contributed by atoms with van der Waals surface area (Å²) in [4.78, 5) is 32.6. The van der Waals surface area contributed by atoms with E-state index in [0.717, 1.165) is 22.3 Å². The Morgan fingerprint density at radius 1 is 1.25 bits per heavy atom. The van der Waals surface area contributed by atoms with Crippen LogP contribution >= 0.6 is 0 Å². The van der Waals surface area contributed by atoms with E-state index in [1.807, 2.05) is 39.1 Å². The molecule has 10 heteroatoms. The molecule has 170 valence electrons. The second-order valence-corrected chi connectivity index (χ2v) is 8.89. The van der Waals surface area contributed by atoms with Gasteiger partial charge in [0.05, 0.1) is 28.9 Å². The van der Waals surface area contributed by atoms with Gasteiger partial charge in [0.2, 0.25) is 5.95 Å². The van der Waals surface area contributed by atoms with Gasteiger partial charge in [-0.25, -0.2) is 19.7 Å². The lowest BCUT2D eigenvalue weighted by molar-refractivity contribution is 0.00378. The number of aromatic nitrogens is 4. The van der Waals surface area contributed by atoms with Crippen LogP contribution in [-0.2, 0) is 9.47 Å². The highest BCUT2D eigenvalue weighted by Crippen LogP contribution is 2.36. The molecule has 4 rings (SSSR count). The van der Waals surface area contributed by atoms with Crippen molar-refractivity contribution in [2.24, 2.45) is 0 Å². The summed E-state index contributed by atoms with van der Waals surface area (Å²) in [6.07, 6.45) is 4.73. The minimum absolute atomic E-state index is 0.171. The molecule has 2 atom stereocenters. The van der Waals surface area contributed by atoms with Gasteiger partial charge in [-0.1, -0.05) is 0 Å². The lowest BCUT2D eigenvalue weighted by Crippen LogP contribution is -2.47. The normalized spacial score (nSPS) is 18.8. The van der Waals surface area contributed by atoms with Crippen LogP contribution in [0, 0.1) is 0 Å². The second kappa shape index (κ2) is 8.27. The summed E-state index contributed by atoms with van der Waals surface area (Å²) in [5, 5.41) is 0.932. The molecule has 0 radical (unpaired) electrons. The van der Waals surface area contributed by atoms with Crippen molar-refractivity contribution in [1.29, 1.82) is 0 Å². The number of pyridine rings is 1. The van der Waals surface area contributed by atoms with Crippen molar-refractivity contribution in [2.75, 3.05) is 37.9 Å². The molecule has 32 heavy (non-hydrogen) atoms. The zero-order chi connectivity index (χ0) is 23.0. The Balaban J connectivity index is 1.68. The zero-order valence-corrected chi connectivity index (χ0v) is 19.0. The number of nitrogen functional groups attached to an aromatic ring is 1. The van der Waals surface area contributed by atoms with Crippen molar-refractivity contribution in [1.82, 2.24) is 24.8 Å². The van der Waals surface area contributed by atoms with Crippen molar-refractivity contribution in [3.8, 4) is 11.3 Å². The number of carbonyl (C=O) groups is 1. The fraction of sp³-hybridized carbons (Fsp3) is 0.455. The molecule has 0 unspecified atom stereocenters. The summed E-state index contributed by atoms with van der Waals surface area (Å²) in [5.74, 6) is 0.210. The molecule has 1 fully saturated rings. The quantitative estimate of drug-likeness (QED) is 0.636. The molecule has 4 heterocycles. The molecule has 0 aliphatic carbocycles. The van der Waals surface area contributed by atoms with Crippen LogP contribution in [0.3, 0.4) is 0 Å². The molecular weight excluding hydrogens is 410 g/mol. The SMILES string of the molecule is CO[C@@H]1CN(c2ccnc3[nH]cc(-c4ccnc(N)n4)c23)C[C@H]1N(C)C(=O)OC(C)(C)C. The standard InChI is InChI=1S/C22H29N7O3/c1-22(2,3)32-21(30)28(4)16-11-29(12-17(16)31-5)15-7-9-24-19-18(15)13(10-26-19)14-6-8-25-20(23)27-14/h6-10,16-17H,11-12H2,1-5H3,(H,24,26)(H2,23,25,27)/t16-,17-/m1/s1. The van der Waals surface area contributed by atoms with E-state index in [1.165, 1.54) is 0 Å². The van der Waals surface area contributed by atoms with Gasteiger partial charge in [0, 0.05) is 51.4 Å². The maximum atomic E-state index is 12.7. The molecule has 10 nitrogen and oxygen atoms in total. The van der Waals surface area contributed by atoms with Gasteiger partial charge in [0.25, 0.3) is 0 Å². The first-order chi connectivity index (χ1) is 15.2. The Bertz CT molecular complexity index is 1120. The molecular formula is C22H29N7O3. The minimum Gasteiger partial charge on any atom is -0.444 e. The van der Waals surface area contributed by atoms with Gasteiger partial charge >= 0.3 is 6.09 Å². The predicted octanol–water partition coefficient (Wildman–Crippen LogP) is 2.67. The Labute approximate surface area is 186 Å². The minimum atomic E-state index is -0.567. The van der Waals surface area contributed by atoms with E-state index in [4.69, 9.17) is 15.2 Å². The van der Waals surface area contributed by atoms with Crippen LogP contribution in [-0.4, -0.2) is 75.9 Å². The second-order valence-electron chi connectivity index (χ2n) is 8.89. The van der Waals surface area contributed by atoms with Crippen molar-refractivity contribution >= 4 is 28.8 Å². The molecule has 0 aromatic carbocycles. The van der Waals surface area contributed by atoms with Crippen molar-refractivity contribution in [3.05, 3.63) is 30.7 Å². The van der Waals surface area contributed by atoms with Crippen molar-refractivity contribution < 1.29 is 14.3 Å². The van der Waals surface area contributed by atoms with E-state index in [-0.39, 0.29) is 24.2 Å². The number of H-pyrrole nitrogens is 1. The predicted molar refractivity (Wildman–Crippen MR) is 122 cm³/mol. The molecule has 3 aromatic rings. The summed E-state index contributed by atoms with van der Waals surface area (Å²) in [6.45, 7) is 6.77. The van der Waals surface area contributed by atoms with Gasteiger partial charge in [0.1, 0.15) is 11.2 Å². The van der Waals surface area contributed by atoms with Gasteiger partial charge in [-0.15, -0.1) is 0 Å². The lowest BCUT2D eigenvalue weighted by atomic mass is 10.1. The van der Waals surface area contributed by atoms with Crippen molar-refractivity contribution in [3.63, 3.8) is 0 Å². The Morgan fingerprint density at radius 2 is 2.00 bits per heavy atom. The van der Waals surface area contributed by atoms with Crippen LogP contribution in [0.5, 0.6) is 0 Å². The highest BCUT2D eigenvalue weighted by atomic mass is 16.6. The van der Waals surface area contributed by atoms with E-state index >= 15 is 0 Å². The summed E-state index contributed by atoms with van der Waals surface area (Å²) < 4.78 is 11.3. The lowest BCUT2D eigenvalue weighted by Gasteiger charge is -2.30. The molecule has 3 aromatic heterocycles. The number of hydrogen-bond donors (Lipinski definition) is 2. The molecule has 1 amide bonds. The third-order valence-electron chi connectivity index (χ3n) is 5.56. The Morgan fingerprint density at radius 3 is 2.69 bits per heavy atom. The summed E-state index contributed by atoms with van der Waals surface area (Å²) >= 11 is 0. The Kier molecular flexibility index (Phi) is 5.64. The number of nitrogens with one attached hydrogen (secondary N) is 1. The number of ether oxygens (including phenoxy) is 2. The zero-order valence-electron chi connectivity index (χ0n) is 19.0. The maximum Gasteiger partial charge on any atom is 0.410 e. The van der Waals surface area contributed by atoms with Crippen LogP contribution < -0.4 is 10.6 Å². The number of aromatic amines is 1. The van der Waals surface area contributed by atoms with Crippen molar-refractivity contribution in [2.45, 2.75) is 38.5 Å². The first-order valence-corrected chi connectivity index (χ1v) is 10.5. The van der Waals surface area contributed by atoms with Crippen LogP contribution in [0.25, 0.3) is 22.3 Å². The summed E-state index contributed by atoms with van der Waals surface area (Å²) in [7, 11) is 3.42. The van der Waals surface area contributed by atoms with E-state index < -0.39 is 5.60 Å². The molecule has 0 saturated carbocycles. The maximum absolute atomic E-state index is 12.7. The summed E-state index contributed by atoms with van der Waals surface area (Å²) in [5.41, 5.74) is 8.55. The number of fused-ring (bicyclic) bond motifs is 1. The number of anilines is 2. The van der Waals surface area contributed by atoms with E-state index in [2.05, 4.69) is 24.8 Å². The van der Waals surface area contributed by atoms with Gasteiger partial charge < -0.3 is 30.0 Å². The van der Waals surface area contributed by atoms with Crippen LogP contribution in [0.4, 0.5) is 16.4 Å². The number of rotatable bonds is 4. The average molecular weight is 440 g/mol. The molecule has 1 aliphatic rings. The van der Waals surface area contributed by atoms with Gasteiger partial charge in [-0.3, -0.25) is 0 Å². The molecule has 1 saturated heterocycles. The first kappa shape index (κ1) is 21.8. The van der Waals surface area contributed by atoms with Gasteiger partial charge in [-0.2, -0.15) is 0 Å². The fourth-order valence-electron chi connectivity index (χ4n) is 4.05. The monoisotopic (exact) mass is 439 g/mol. The number of nitrogens with zero attached hydrogens (tertiary/aromatic N) is 5.